The Balaban J connectivity index is 1.73. The van der Waals surface area contributed by atoms with Crippen LogP contribution in [0.15, 0.2) is 47.3 Å². The zero-order valence-corrected chi connectivity index (χ0v) is 16.4. The molecule has 3 aromatic rings. The van der Waals surface area contributed by atoms with Crippen molar-refractivity contribution in [2.24, 2.45) is 0 Å². The second kappa shape index (κ2) is 9.29. The van der Waals surface area contributed by atoms with Crippen molar-refractivity contribution in [3.63, 3.8) is 0 Å². The van der Waals surface area contributed by atoms with Gasteiger partial charge in [0.05, 0.1) is 12.0 Å². The lowest BCUT2D eigenvalue weighted by molar-refractivity contribution is -0.131. The van der Waals surface area contributed by atoms with Crippen molar-refractivity contribution in [1.29, 1.82) is 0 Å². The Hall–Kier alpha value is -3.56. The molecule has 0 unspecified atom stereocenters. The first-order chi connectivity index (χ1) is 14.4. The number of alkyl halides is 2. The lowest BCUT2D eigenvalue weighted by Gasteiger charge is -2.19. The highest BCUT2D eigenvalue weighted by Crippen LogP contribution is 2.30. The fourth-order valence-corrected chi connectivity index (χ4v) is 2.85. The van der Waals surface area contributed by atoms with E-state index in [1.165, 1.54) is 17.0 Å². The molecule has 158 valence electrons. The monoisotopic (exact) mass is 418 g/mol. The molecule has 1 heterocycles. The quantitative estimate of drug-likeness (QED) is 0.559. The standard InChI is InChI=1S/C20H20F2N4O4/c1-3-29-17-10-13(8-9-16(17)30-20(21)22)11-25(2)18(27)12-26-19(28)14-6-4-5-7-15(14)23-24-26/h4-10,20H,3,11-12H2,1-2H3. The van der Waals surface area contributed by atoms with Crippen molar-refractivity contribution in [1.82, 2.24) is 19.9 Å². The summed E-state index contributed by atoms with van der Waals surface area (Å²) in [6.07, 6.45) is 0. The molecule has 1 amide bonds. The predicted octanol–water partition coefficient (Wildman–Crippen LogP) is 2.45. The lowest BCUT2D eigenvalue weighted by Crippen LogP contribution is -2.35. The third kappa shape index (κ3) is 4.88. The number of ether oxygens (including phenoxy) is 2. The summed E-state index contributed by atoms with van der Waals surface area (Å²) in [5.41, 5.74) is 0.691. The molecule has 0 saturated carbocycles. The average Bonchev–Trinajstić information content (AvgIpc) is 2.72. The van der Waals surface area contributed by atoms with Crippen LogP contribution in [0.1, 0.15) is 12.5 Å². The number of hydrogen-bond acceptors (Lipinski definition) is 6. The highest BCUT2D eigenvalue weighted by Gasteiger charge is 2.16. The van der Waals surface area contributed by atoms with E-state index in [2.05, 4.69) is 15.0 Å². The van der Waals surface area contributed by atoms with Crippen LogP contribution in [0.4, 0.5) is 8.78 Å². The molecule has 0 N–H and O–H groups in total. The van der Waals surface area contributed by atoms with Gasteiger partial charge in [0.25, 0.3) is 5.56 Å². The van der Waals surface area contributed by atoms with Crippen molar-refractivity contribution in [3.8, 4) is 11.5 Å². The van der Waals surface area contributed by atoms with Gasteiger partial charge < -0.3 is 14.4 Å². The van der Waals surface area contributed by atoms with E-state index < -0.39 is 12.2 Å². The van der Waals surface area contributed by atoms with E-state index in [4.69, 9.17) is 4.74 Å². The highest BCUT2D eigenvalue weighted by molar-refractivity contribution is 5.78. The molecule has 0 aliphatic carbocycles. The van der Waals surface area contributed by atoms with Gasteiger partial charge in [0.2, 0.25) is 5.91 Å². The van der Waals surface area contributed by atoms with Crippen molar-refractivity contribution >= 4 is 16.8 Å². The zero-order valence-electron chi connectivity index (χ0n) is 16.4. The molecule has 0 saturated heterocycles. The van der Waals surface area contributed by atoms with Crippen LogP contribution >= 0.6 is 0 Å². The van der Waals surface area contributed by atoms with Gasteiger partial charge in [-0.1, -0.05) is 23.4 Å². The largest absolute Gasteiger partial charge is 0.490 e. The van der Waals surface area contributed by atoms with Crippen LogP contribution < -0.4 is 15.0 Å². The van der Waals surface area contributed by atoms with Gasteiger partial charge in [-0.05, 0) is 36.8 Å². The number of carbonyl (C=O) groups excluding carboxylic acids is 1. The van der Waals surface area contributed by atoms with Gasteiger partial charge >= 0.3 is 6.61 Å². The van der Waals surface area contributed by atoms with E-state index in [-0.39, 0.29) is 37.1 Å². The zero-order chi connectivity index (χ0) is 21.7. The van der Waals surface area contributed by atoms with Gasteiger partial charge in [0, 0.05) is 13.6 Å². The Morgan fingerprint density at radius 1 is 1.20 bits per heavy atom. The average molecular weight is 418 g/mol. The van der Waals surface area contributed by atoms with E-state index in [9.17, 15) is 18.4 Å². The first-order valence-corrected chi connectivity index (χ1v) is 9.16. The summed E-state index contributed by atoms with van der Waals surface area (Å²) in [7, 11) is 1.56. The summed E-state index contributed by atoms with van der Waals surface area (Å²) in [5, 5.41) is 8.14. The fourth-order valence-electron chi connectivity index (χ4n) is 2.85. The molecule has 8 nitrogen and oxygen atoms in total. The van der Waals surface area contributed by atoms with Crippen molar-refractivity contribution in [2.45, 2.75) is 26.6 Å². The SMILES string of the molecule is CCOc1cc(CN(C)C(=O)Cn2nnc3ccccc3c2=O)ccc1OC(F)F. The minimum atomic E-state index is -2.97. The molecule has 0 aliphatic rings. The van der Waals surface area contributed by atoms with Crippen LogP contribution in [-0.4, -0.2) is 46.1 Å². The number of carbonyl (C=O) groups is 1. The second-order valence-electron chi connectivity index (χ2n) is 6.41. The Kier molecular flexibility index (Phi) is 6.55. The lowest BCUT2D eigenvalue weighted by atomic mass is 10.2. The topological polar surface area (TPSA) is 86.5 Å². The molecule has 0 atom stereocenters. The third-order valence-corrected chi connectivity index (χ3v) is 4.28. The summed E-state index contributed by atoms with van der Waals surface area (Å²) in [6.45, 7) is -1.10. The molecule has 0 fully saturated rings. The van der Waals surface area contributed by atoms with Crippen molar-refractivity contribution in [2.75, 3.05) is 13.7 Å². The number of amides is 1. The van der Waals surface area contributed by atoms with Crippen LogP contribution in [0.3, 0.4) is 0 Å². The van der Waals surface area contributed by atoms with E-state index in [0.29, 0.717) is 16.5 Å². The van der Waals surface area contributed by atoms with Crippen LogP contribution in [0.5, 0.6) is 11.5 Å². The number of likely N-dealkylation sites (N-methyl/N-ethyl adjacent to an activating group) is 1. The van der Waals surface area contributed by atoms with Crippen molar-refractivity contribution in [3.05, 3.63) is 58.4 Å². The van der Waals surface area contributed by atoms with E-state index in [1.807, 2.05) is 0 Å². The molecule has 10 heteroatoms. The molecule has 2 aromatic carbocycles. The van der Waals surface area contributed by atoms with E-state index >= 15 is 0 Å². The van der Waals surface area contributed by atoms with Crippen LogP contribution in [0, 0.1) is 0 Å². The van der Waals surface area contributed by atoms with Gasteiger partial charge in [-0.3, -0.25) is 9.59 Å². The summed E-state index contributed by atoms with van der Waals surface area (Å²) in [5.74, 6) is -0.289. The first kappa shape index (κ1) is 21.2. The molecule has 0 spiro atoms. The molecule has 1 aromatic heterocycles. The smallest absolute Gasteiger partial charge is 0.387 e. The number of nitrogens with zero attached hydrogens (tertiary/aromatic N) is 4. The maximum absolute atomic E-state index is 12.6. The Morgan fingerprint density at radius 3 is 2.70 bits per heavy atom. The normalized spacial score (nSPS) is 11.0. The number of benzene rings is 2. The Labute approximate surface area is 170 Å². The van der Waals surface area contributed by atoms with Gasteiger partial charge in [-0.15, -0.1) is 5.10 Å². The van der Waals surface area contributed by atoms with Gasteiger partial charge in [-0.2, -0.15) is 8.78 Å². The number of rotatable bonds is 8. The third-order valence-electron chi connectivity index (χ3n) is 4.28. The molecule has 0 bridgehead atoms. The van der Waals surface area contributed by atoms with E-state index in [0.717, 1.165) is 4.68 Å². The number of aromatic nitrogens is 3. The molecule has 0 radical (unpaired) electrons. The van der Waals surface area contributed by atoms with Gasteiger partial charge in [-0.25, -0.2) is 4.68 Å². The van der Waals surface area contributed by atoms with E-state index in [1.54, 1.807) is 44.3 Å². The second-order valence-corrected chi connectivity index (χ2v) is 6.41. The maximum Gasteiger partial charge on any atom is 0.387 e. The minimum absolute atomic E-state index is 0.0810. The molecular weight excluding hydrogens is 398 g/mol. The van der Waals surface area contributed by atoms with Crippen LogP contribution in [0.25, 0.3) is 10.9 Å². The Morgan fingerprint density at radius 2 is 1.97 bits per heavy atom. The minimum Gasteiger partial charge on any atom is -0.490 e. The first-order valence-electron chi connectivity index (χ1n) is 9.16. The molecule has 0 aliphatic heterocycles. The molecule has 30 heavy (non-hydrogen) atoms. The van der Waals surface area contributed by atoms with Gasteiger partial charge in [0.15, 0.2) is 11.5 Å². The summed E-state index contributed by atoms with van der Waals surface area (Å²) >= 11 is 0. The number of fused-ring (bicyclic) bond motifs is 1. The van der Waals surface area contributed by atoms with Crippen molar-refractivity contribution < 1.29 is 23.0 Å². The molecule has 3 rings (SSSR count). The van der Waals surface area contributed by atoms with Gasteiger partial charge in [0.1, 0.15) is 12.1 Å². The fraction of sp³-hybridized carbons (Fsp3) is 0.300. The number of hydrogen-bond donors (Lipinski definition) is 0. The summed E-state index contributed by atoms with van der Waals surface area (Å²) < 4.78 is 35.8. The van der Waals surface area contributed by atoms with Crippen LogP contribution in [-0.2, 0) is 17.9 Å². The van der Waals surface area contributed by atoms with Crippen LogP contribution in [0.2, 0.25) is 0 Å². The summed E-state index contributed by atoms with van der Waals surface area (Å²) in [4.78, 5) is 26.4. The maximum atomic E-state index is 12.6. The Bertz CT molecular complexity index is 1100. The summed E-state index contributed by atoms with van der Waals surface area (Å²) in [6, 6.07) is 11.2. The molecular formula is C20H20F2N4O4. The highest BCUT2D eigenvalue weighted by atomic mass is 19.3. The predicted molar refractivity (Wildman–Crippen MR) is 105 cm³/mol. The number of halogens is 2.